The van der Waals surface area contributed by atoms with Crippen LogP contribution in [0.4, 0.5) is 0 Å². The predicted molar refractivity (Wildman–Crippen MR) is 229 cm³/mol. The van der Waals surface area contributed by atoms with Gasteiger partial charge in [-0.2, -0.15) is 0 Å². The Balaban J connectivity index is 1.17. The molecule has 0 spiro atoms. The van der Waals surface area contributed by atoms with E-state index >= 15 is 0 Å². The first kappa shape index (κ1) is 30.4. The van der Waals surface area contributed by atoms with Gasteiger partial charge < -0.3 is 4.57 Å². The summed E-state index contributed by atoms with van der Waals surface area (Å²) in [6, 6.07) is 61.6. The van der Waals surface area contributed by atoms with Gasteiger partial charge in [0.2, 0.25) is 5.95 Å². The highest BCUT2D eigenvalue weighted by atomic mass is 15.2. The van der Waals surface area contributed by atoms with Gasteiger partial charge in [-0.1, -0.05) is 135 Å². The molecule has 55 heavy (non-hydrogen) atoms. The topological polar surface area (TPSA) is 35.6 Å². The Morgan fingerprint density at radius 3 is 1.87 bits per heavy atom. The van der Waals surface area contributed by atoms with E-state index in [-0.39, 0.29) is 5.41 Å². The van der Waals surface area contributed by atoms with Crippen molar-refractivity contribution in [3.05, 3.63) is 181 Å². The second-order valence-electron chi connectivity index (χ2n) is 15.4. The Kier molecular flexibility index (Phi) is 6.09. The molecule has 0 saturated carbocycles. The van der Waals surface area contributed by atoms with Gasteiger partial charge in [-0.3, -0.25) is 4.57 Å². The van der Waals surface area contributed by atoms with E-state index in [2.05, 4.69) is 193 Å². The zero-order valence-electron chi connectivity index (χ0n) is 30.5. The average Bonchev–Trinajstić information content (AvgIpc) is 3.82. The van der Waals surface area contributed by atoms with Gasteiger partial charge in [0.15, 0.2) is 0 Å². The maximum absolute atomic E-state index is 5.55. The van der Waals surface area contributed by atoms with E-state index in [0.717, 1.165) is 38.9 Å². The second-order valence-corrected chi connectivity index (χ2v) is 15.4. The van der Waals surface area contributed by atoms with Crippen molar-refractivity contribution >= 4 is 65.3 Å². The van der Waals surface area contributed by atoms with Gasteiger partial charge >= 0.3 is 0 Å². The quantitative estimate of drug-likeness (QED) is 0.184. The molecule has 3 heterocycles. The first-order valence-electron chi connectivity index (χ1n) is 19.0. The van der Waals surface area contributed by atoms with Crippen LogP contribution >= 0.6 is 0 Å². The molecule has 12 rings (SSSR count). The Bertz CT molecular complexity index is 3360. The molecule has 4 heteroatoms. The first-order chi connectivity index (χ1) is 27.0. The fourth-order valence-electron chi connectivity index (χ4n) is 9.55. The normalized spacial score (nSPS) is 13.4. The highest BCUT2D eigenvalue weighted by molar-refractivity contribution is 6.18. The third kappa shape index (κ3) is 4.17. The maximum atomic E-state index is 5.55. The lowest BCUT2D eigenvalue weighted by Crippen LogP contribution is -2.15. The first-order valence-corrected chi connectivity index (χ1v) is 19.0. The lowest BCUT2D eigenvalue weighted by molar-refractivity contribution is 0.660. The van der Waals surface area contributed by atoms with Crippen molar-refractivity contribution in [2.75, 3.05) is 0 Å². The summed E-state index contributed by atoms with van der Waals surface area (Å²) < 4.78 is 4.72. The average molecular weight is 703 g/mol. The van der Waals surface area contributed by atoms with Gasteiger partial charge in [0.05, 0.1) is 39.0 Å². The largest absolute Gasteiger partial charge is 0.309 e. The molecule has 8 aromatic carbocycles. The van der Waals surface area contributed by atoms with Gasteiger partial charge in [-0.15, -0.1) is 0 Å². The lowest BCUT2D eigenvalue weighted by Gasteiger charge is -2.22. The molecule has 11 aromatic rings. The molecule has 3 aromatic heterocycles. The minimum atomic E-state index is -0.120. The summed E-state index contributed by atoms with van der Waals surface area (Å²) in [5.41, 5.74) is 13.8. The molecule has 0 amide bonds. The van der Waals surface area contributed by atoms with Crippen molar-refractivity contribution < 1.29 is 0 Å². The van der Waals surface area contributed by atoms with Crippen molar-refractivity contribution in [2.45, 2.75) is 19.3 Å². The van der Waals surface area contributed by atoms with Crippen LogP contribution in [-0.2, 0) is 5.41 Å². The lowest BCUT2D eigenvalue weighted by atomic mass is 9.82. The molecule has 0 N–H and O–H groups in total. The van der Waals surface area contributed by atoms with Crippen LogP contribution in [0.2, 0.25) is 0 Å². The molecule has 0 unspecified atom stereocenters. The van der Waals surface area contributed by atoms with Crippen LogP contribution < -0.4 is 0 Å². The standard InChI is InChI=1S/C51H34N4/c1-51(2)40-20-9-5-16-34(40)35-27-26-33(29-41(35)51)49-38-19-6-10-21-42(38)52-50(53-49)55-46-25-13-24-45(48(46)39-28-31-14-3-4-15-32(31)30-47(39)55)54-43-22-11-7-17-36(43)37-18-8-12-23-44(37)54/h3-30H,1-2H3. The van der Waals surface area contributed by atoms with Crippen LogP contribution in [0, 0.1) is 0 Å². The van der Waals surface area contributed by atoms with Crippen LogP contribution in [-0.4, -0.2) is 19.1 Å². The van der Waals surface area contributed by atoms with Crippen molar-refractivity contribution in [2.24, 2.45) is 0 Å². The second kappa shape index (κ2) is 11.0. The highest BCUT2D eigenvalue weighted by Gasteiger charge is 2.35. The summed E-state index contributed by atoms with van der Waals surface area (Å²) in [4.78, 5) is 10.9. The van der Waals surface area contributed by atoms with Crippen LogP contribution in [0.1, 0.15) is 25.0 Å². The van der Waals surface area contributed by atoms with E-state index in [4.69, 9.17) is 9.97 Å². The molecule has 1 aliphatic rings. The Morgan fingerprint density at radius 2 is 1.07 bits per heavy atom. The molecule has 1 aliphatic carbocycles. The monoisotopic (exact) mass is 702 g/mol. The molecule has 0 saturated heterocycles. The number of nitrogens with zero attached hydrogens (tertiary/aromatic N) is 4. The highest BCUT2D eigenvalue weighted by Crippen LogP contribution is 2.50. The Morgan fingerprint density at radius 1 is 0.436 bits per heavy atom. The summed E-state index contributed by atoms with van der Waals surface area (Å²) in [6.45, 7) is 4.67. The zero-order valence-corrected chi connectivity index (χ0v) is 30.5. The number of benzene rings is 8. The zero-order chi connectivity index (χ0) is 36.4. The van der Waals surface area contributed by atoms with Crippen molar-refractivity contribution in [1.82, 2.24) is 19.1 Å². The number of hydrogen-bond donors (Lipinski definition) is 0. The maximum Gasteiger partial charge on any atom is 0.235 e. The minimum absolute atomic E-state index is 0.120. The summed E-state index contributed by atoms with van der Waals surface area (Å²) >= 11 is 0. The molecule has 0 aliphatic heterocycles. The van der Waals surface area contributed by atoms with Crippen LogP contribution in [0.15, 0.2) is 170 Å². The van der Waals surface area contributed by atoms with E-state index in [0.29, 0.717) is 5.95 Å². The molecular weight excluding hydrogens is 669 g/mol. The molecule has 4 nitrogen and oxygen atoms in total. The van der Waals surface area contributed by atoms with E-state index in [9.17, 15) is 0 Å². The SMILES string of the molecule is CC1(C)c2ccccc2-c2ccc(-c3nc(-n4c5cc6ccccc6cc5c5c(-n6c7ccccc7c7ccccc76)cccc54)nc4ccccc34)cc21. The number of fused-ring (bicyclic) bond motifs is 11. The van der Waals surface area contributed by atoms with Crippen LogP contribution in [0.3, 0.4) is 0 Å². The molecule has 0 atom stereocenters. The minimum Gasteiger partial charge on any atom is -0.309 e. The van der Waals surface area contributed by atoms with Crippen LogP contribution in [0.25, 0.3) is 99.3 Å². The molecule has 0 fully saturated rings. The van der Waals surface area contributed by atoms with Crippen molar-refractivity contribution in [1.29, 1.82) is 0 Å². The predicted octanol–water partition coefficient (Wildman–Crippen LogP) is 13.0. The Hall–Kier alpha value is -7.04. The number of rotatable bonds is 3. The summed E-state index contributed by atoms with van der Waals surface area (Å²) in [5.74, 6) is 0.659. The number of aromatic nitrogens is 4. The summed E-state index contributed by atoms with van der Waals surface area (Å²) in [7, 11) is 0. The van der Waals surface area contributed by atoms with E-state index in [1.165, 1.54) is 65.6 Å². The Labute approximate surface area is 317 Å². The van der Waals surface area contributed by atoms with Gasteiger partial charge in [-0.25, -0.2) is 9.97 Å². The van der Waals surface area contributed by atoms with Gasteiger partial charge in [0.25, 0.3) is 0 Å². The molecule has 258 valence electrons. The fraction of sp³-hybridized carbons (Fsp3) is 0.0588. The third-order valence-electron chi connectivity index (χ3n) is 12.1. The van der Waals surface area contributed by atoms with E-state index < -0.39 is 0 Å². The molecular formula is C51H34N4. The fourth-order valence-corrected chi connectivity index (χ4v) is 9.55. The van der Waals surface area contributed by atoms with Gasteiger partial charge in [-0.05, 0) is 81.6 Å². The van der Waals surface area contributed by atoms with Gasteiger partial charge in [0.1, 0.15) is 0 Å². The van der Waals surface area contributed by atoms with E-state index in [1.807, 2.05) is 0 Å². The number of hydrogen-bond acceptors (Lipinski definition) is 2. The van der Waals surface area contributed by atoms with E-state index in [1.54, 1.807) is 0 Å². The molecule has 0 radical (unpaired) electrons. The van der Waals surface area contributed by atoms with Crippen molar-refractivity contribution in [3.8, 4) is 34.0 Å². The van der Waals surface area contributed by atoms with Gasteiger partial charge in [0, 0.05) is 37.9 Å². The van der Waals surface area contributed by atoms with Crippen LogP contribution in [0.5, 0.6) is 0 Å². The summed E-state index contributed by atoms with van der Waals surface area (Å²) in [5, 5.41) is 8.25. The van der Waals surface area contributed by atoms with Crippen molar-refractivity contribution in [3.63, 3.8) is 0 Å². The third-order valence-corrected chi connectivity index (χ3v) is 12.1. The smallest absolute Gasteiger partial charge is 0.235 e. The molecule has 0 bridgehead atoms. The number of para-hydroxylation sites is 3. The summed E-state index contributed by atoms with van der Waals surface area (Å²) in [6.07, 6.45) is 0.